The number of hydrogen-bond acceptors (Lipinski definition) is 5. The summed E-state index contributed by atoms with van der Waals surface area (Å²) in [5, 5.41) is 2.99. The van der Waals surface area contributed by atoms with Crippen LogP contribution in [0.1, 0.15) is 35.3 Å². The third kappa shape index (κ3) is 5.98. The number of carbonyl (C=O) groups is 2. The molecular formula is C21H24Cl2N2O5S. The van der Waals surface area contributed by atoms with Crippen molar-refractivity contribution in [3.63, 3.8) is 0 Å². The van der Waals surface area contributed by atoms with E-state index in [4.69, 9.17) is 27.9 Å². The number of benzene rings is 2. The van der Waals surface area contributed by atoms with Gasteiger partial charge in [-0.1, -0.05) is 43.1 Å². The van der Waals surface area contributed by atoms with Crippen LogP contribution < -0.4 is 5.32 Å². The van der Waals surface area contributed by atoms with Gasteiger partial charge in [-0.25, -0.2) is 13.2 Å². The lowest BCUT2D eigenvalue weighted by molar-refractivity contribution is -0.119. The predicted molar refractivity (Wildman–Crippen MR) is 121 cm³/mol. The van der Waals surface area contributed by atoms with Gasteiger partial charge in [-0.15, -0.1) is 0 Å². The Bertz CT molecular complexity index is 1080. The second-order valence-electron chi connectivity index (χ2n) is 6.79. The lowest BCUT2D eigenvalue weighted by Crippen LogP contribution is -2.30. The number of anilines is 1. The molecule has 1 amide bonds. The van der Waals surface area contributed by atoms with E-state index in [0.717, 1.165) is 17.2 Å². The molecule has 2 rings (SSSR count). The quantitative estimate of drug-likeness (QED) is 0.556. The molecule has 168 valence electrons. The summed E-state index contributed by atoms with van der Waals surface area (Å²) < 4.78 is 31.7. The van der Waals surface area contributed by atoms with E-state index in [1.165, 1.54) is 16.4 Å². The Kier molecular flexibility index (Phi) is 8.48. The fourth-order valence-electron chi connectivity index (χ4n) is 2.99. The number of esters is 1. The molecule has 10 heteroatoms. The van der Waals surface area contributed by atoms with E-state index in [1.54, 1.807) is 26.8 Å². The number of aryl methyl sites for hydroxylation is 2. The predicted octanol–water partition coefficient (Wildman–Crippen LogP) is 4.44. The zero-order valence-electron chi connectivity index (χ0n) is 17.7. The monoisotopic (exact) mass is 486 g/mol. The van der Waals surface area contributed by atoms with Gasteiger partial charge in [0.15, 0.2) is 6.61 Å². The van der Waals surface area contributed by atoms with E-state index in [1.807, 2.05) is 13.0 Å². The number of rotatable bonds is 8. The van der Waals surface area contributed by atoms with Crippen LogP contribution in [0.25, 0.3) is 0 Å². The first-order chi connectivity index (χ1) is 14.5. The Labute approximate surface area is 192 Å². The van der Waals surface area contributed by atoms with Crippen LogP contribution in [0.4, 0.5) is 5.69 Å². The minimum absolute atomic E-state index is 0.0151. The summed E-state index contributed by atoms with van der Waals surface area (Å²) in [6, 6.07) is 7.34. The SMILES string of the molecule is CCN(CC)S(=O)(=O)c1ccc(Cl)c(C(=O)OCC(=O)Nc2c(C)cc(C)cc2Cl)c1. The molecule has 0 atom stereocenters. The summed E-state index contributed by atoms with van der Waals surface area (Å²) >= 11 is 12.2. The largest absolute Gasteiger partial charge is 0.452 e. The van der Waals surface area contributed by atoms with Crippen molar-refractivity contribution in [2.24, 2.45) is 0 Å². The van der Waals surface area contributed by atoms with Crippen molar-refractivity contribution >= 4 is 50.8 Å². The molecule has 0 aliphatic rings. The molecule has 2 aromatic rings. The number of ether oxygens (including phenoxy) is 1. The molecule has 0 radical (unpaired) electrons. The molecule has 0 bridgehead atoms. The van der Waals surface area contributed by atoms with Gasteiger partial charge in [0.05, 0.1) is 26.2 Å². The molecule has 0 saturated carbocycles. The standard InChI is InChI=1S/C21H24Cl2N2O5S/c1-5-25(6-2)31(28,29)15-7-8-17(22)16(11-15)21(27)30-12-19(26)24-20-14(4)9-13(3)10-18(20)23/h7-11H,5-6,12H2,1-4H3,(H,24,26). The van der Waals surface area contributed by atoms with Crippen molar-refractivity contribution in [3.05, 3.63) is 57.1 Å². The zero-order chi connectivity index (χ0) is 23.3. The highest BCUT2D eigenvalue weighted by atomic mass is 35.5. The van der Waals surface area contributed by atoms with Gasteiger partial charge in [0, 0.05) is 13.1 Å². The van der Waals surface area contributed by atoms with Crippen molar-refractivity contribution in [1.29, 1.82) is 0 Å². The van der Waals surface area contributed by atoms with Crippen LogP contribution in [0.5, 0.6) is 0 Å². The Morgan fingerprint density at radius 1 is 1.03 bits per heavy atom. The van der Waals surface area contributed by atoms with E-state index in [-0.39, 0.29) is 28.6 Å². The third-order valence-electron chi connectivity index (χ3n) is 4.53. The fraction of sp³-hybridized carbons (Fsp3) is 0.333. The van der Waals surface area contributed by atoms with E-state index >= 15 is 0 Å². The molecule has 1 N–H and O–H groups in total. The van der Waals surface area contributed by atoms with Gasteiger partial charge in [0.1, 0.15) is 0 Å². The Hall–Kier alpha value is -2.13. The van der Waals surface area contributed by atoms with Gasteiger partial charge >= 0.3 is 5.97 Å². The van der Waals surface area contributed by atoms with Crippen molar-refractivity contribution in [3.8, 4) is 0 Å². The topological polar surface area (TPSA) is 92.8 Å². The van der Waals surface area contributed by atoms with E-state index in [9.17, 15) is 18.0 Å². The summed E-state index contributed by atoms with van der Waals surface area (Å²) in [5.41, 5.74) is 1.99. The average Bonchev–Trinajstić information content (AvgIpc) is 2.69. The van der Waals surface area contributed by atoms with Crippen molar-refractivity contribution < 1.29 is 22.7 Å². The number of nitrogens with one attached hydrogen (secondary N) is 1. The van der Waals surface area contributed by atoms with Crippen LogP contribution in [0, 0.1) is 13.8 Å². The lowest BCUT2D eigenvalue weighted by Gasteiger charge is -2.19. The van der Waals surface area contributed by atoms with Gasteiger partial charge in [-0.2, -0.15) is 4.31 Å². The average molecular weight is 487 g/mol. The number of nitrogens with zero attached hydrogens (tertiary/aromatic N) is 1. The highest BCUT2D eigenvalue weighted by molar-refractivity contribution is 7.89. The molecule has 31 heavy (non-hydrogen) atoms. The highest BCUT2D eigenvalue weighted by Crippen LogP contribution is 2.27. The zero-order valence-corrected chi connectivity index (χ0v) is 20.0. The maximum Gasteiger partial charge on any atom is 0.340 e. The first-order valence-corrected chi connectivity index (χ1v) is 11.7. The molecule has 7 nitrogen and oxygen atoms in total. The Balaban J connectivity index is 2.15. The molecule has 0 heterocycles. The summed E-state index contributed by atoms with van der Waals surface area (Å²) in [4.78, 5) is 24.6. The molecule has 0 fully saturated rings. The molecule has 2 aromatic carbocycles. The molecule has 0 unspecified atom stereocenters. The number of halogens is 2. The lowest BCUT2D eigenvalue weighted by atomic mass is 10.1. The second kappa shape index (κ2) is 10.5. The Morgan fingerprint density at radius 3 is 2.26 bits per heavy atom. The first-order valence-electron chi connectivity index (χ1n) is 9.54. The van der Waals surface area contributed by atoms with Crippen LogP contribution in [0.3, 0.4) is 0 Å². The van der Waals surface area contributed by atoms with Crippen molar-refractivity contribution in [2.45, 2.75) is 32.6 Å². The van der Waals surface area contributed by atoms with Crippen molar-refractivity contribution in [1.82, 2.24) is 4.31 Å². The second-order valence-corrected chi connectivity index (χ2v) is 9.55. The number of hydrogen-bond donors (Lipinski definition) is 1. The number of sulfonamides is 1. The van der Waals surface area contributed by atoms with Crippen LogP contribution in [0.2, 0.25) is 10.0 Å². The van der Waals surface area contributed by atoms with E-state index < -0.39 is 28.5 Å². The highest BCUT2D eigenvalue weighted by Gasteiger charge is 2.24. The summed E-state index contributed by atoms with van der Waals surface area (Å²) in [5.74, 6) is -1.51. The summed E-state index contributed by atoms with van der Waals surface area (Å²) in [6.45, 7) is 7.07. The molecule has 0 aromatic heterocycles. The molecule has 0 saturated heterocycles. The minimum Gasteiger partial charge on any atom is -0.452 e. The molecule has 0 spiro atoms. The minimum atomic E-state index is -3.79. The maximum atomic E-state index is 12.7. The van der Waals surface area contributed by atoms with Gasteiger partial charge < -0.3 is 10.1 Å². The van der Waals surface area contributed by atoms with E-state index in [0.29, 0.717) is 10.7 Å². The van der Waals surface area contributed by atoms with Gasteiger partial charge in [0.2, 0.25) is 10.0 Å². The summed E-state index contributed by atoms with van der Waals surface area (Å²) in [7, 11) is -3.79. The van der Waals surface area contributed by atoms with Gasteiger partial charge in [-0.3, -0.25) is 4.79 Å². The fourth-order valence-corrected chi connectivity index (χ4v) is 5.04. The third-order valence-corrected chi connectivity index (χ3v) is 7.21. The number of amides is 1. The molecule has 0 aliphatic carbocycles. The van der Waals surface area contributed by atoms with Crippen LogP contribution in [0.15, 0.2) is 35.2 Å². The molecule has 0 aliphatic heterocycles. The van der Waals surface area contributed by atoms with Crippen LogP contribution >= 0.6 is 23.2 Å². The van der Waals surface area contributed by atoms with Gasteiger partial charge in [0.25, 0.3) is 5.91 Å². The van der Waals surface area contributed by atoms with Gasteiger partial charge in [-0.05, 0) is 49.2 Å². The smallest absolute Gasteiger partial charge is 0.340 e. The Morgan fingerprint density at radius 2 is 1.68 bits per heavy atom. The maximum absolute atomic E-state index is 12.7. The van der Waals surface area contributed by atoms with Crippen molar-refractivity contribution in [2.75, 3.05) is 25.0 Å². The number of carbonyl (C=O) groups excluding carboxylic acids is 2. The molecular weight excluding hydrogens is 463 g/mol. The normalized spacial score (nSPS) is 11.5. The van der Waals surface area contributed by atoms with Crippen LogP contribution in [-0.4, -0.2) is 44.3 Å². The first kappa shape index (κ1) is 25.1. The van der Waals surface area contributed by atoms with E-state index in [2.05, 4.69) is 5.32 Å². The summed E-state index contributed by atoms with van der Waals surface area (Å²) in [6.07, 6.45) is 0. The van der Waals surface area contributed by atoms with Crippen LogP contribution in [-0.2, 0) is 19.6 Å².